The lowest BCUT2D eigenvalue weighted by atomic mass is 10.2. The maximum atomic E-state index is 10.8. The van der Waals surface area contributed by atoms with Gasteiger partial charge in [0, 0.05) is 18.3 Å². The van der Waals surface area contributed by atoms with E-state index < -0.39 is 10.9 Å². The van der Waals surface area contributed by atoms with Gasteiger partial charge in [-0.3, -0.25) is 15.1 Å². The number of nitro benzene ring substituents is 1. The first-order valence-electron chi connectivity index (χ1n) is 8.37. The molecule has 0 amide bonds. The Bertz CT molecular complexity index is 1050. The highest BCUT2D eigenvalue weighted by atomic mass is 16.6. The molecule has 0 saturated heterocycles. The van der Waals surface area contributed by atoms with Crippen LogP contribution in [0.25, 0.3) is 0 Å². The fourth-order valence-corrected chi connectivity index (χ4v) is 2.41. The predicted octanol–water partition coefficient (Wildman–Crippen LogP) is 4.22. The molecule has 0 bridgehead atoms. The number of carbonyl (C=O) groups is 1. The molecule has 29 heavy (non-hydrogen) atoms. The van der Waals surface area contributed by atoms with Gasteiger partial charge in [0.25, 0.3) is 5.69 Å². The summed E-state index contributed by atoms with van der Waals surface area (Å²) in [5, 5.41) is 19.5. The Kier molecular flexibility index (Phi) is 5.88. The topological polar surface area (TPSA) is 124 Å². The molecule has 9 nitrogen and oxygen atoms in total. The molecule has 0 saturated carbocycles. The number of ether oxygens (including phenoxy) is 2. The van der Waals surface area contributed by atoms with Crippen LogP contribution < -0.4 is 9.47 Å². The number of methoxy groups -OCH3 is 1. The van der Waals surface area contributed by atoms with Crippen LogP contribution >= 0.6 is 0 Å². The average molecular weight is 396 g/mol. The summed E-state index contributed by atoms with van der Waals surface area (Å²) in [5.41, 5.74) is 1.31. The van der Waals surface area contributed by atoms with E-state index >= 15 is 0 Å². The maximum absolute atomic E-state index is 10.8. The summed E-state index contributed by atoms with van der Waals surface area (Å²) >= 11 is 0. The van der Waals surface area contributed by atoms with Crippen LogP contribution in [0.4, 0.5) is 11.4 Å². The van der Waals surface area contributed by atoms with Gasteiger partial charge in [-0.05, 0) is 48.0 Å². The maximum Gasteiger partial charge on any atom is 0.371 e. The van der Waals surface area contributed by atoms with Gasteiger partial charge in [0.2, 0.25) is 5.76 Å². The Balaban J connectivity index is 1.68. The van der Waals surface area contributed by atoms with Crippen molar-refractivity contribution in [1.29, 1.82) is 0 Å². The minimum atomic E-state index is -1.15. The van der Waals surface area contributed by atoms with E-state index in [0.29, 0.717) is 22.9 Å². The number of non-ortho nitro benzene ring substituents is 1. The number of carboxylic acids is 1. The Morgan fingerprint density at radius 1 is 1.17 bits per heavy atom. The number of aromatic carboxylic acids is 1. The Labute approximate surface area is 165 Å². The molecule has 0 spiro atoms. The lowest BCUT2D eigenvalue weighted by Crippen LogP contribution is -1.98. The summed E-state index contributed by atoms with van der Waals surface area (Å²) < 4.78 is 16.1. The SMILES string of the molecule is COc1cc(C=Nc2ccc([N+](=O)[O-])cc2)ccc1OCc1ccc(C(=O)O)o1. The molecule has 1 heterocycles. The van der Waals surface area contributed by atoms with E-state index in [4.69, 9.17) is 19.0 Å². The van der Waals surface area contributed by atoms with Crippen molar-refractivity contribution in [3.05, 3.63) is 81.8 Å². The molecule has 2 aromatic carbocycles. The van der Waals surface area contributed by atoms with E-state index in [0.717, 1.165) is 5.56 Å². The van der Waals surface area contributed by atoms with Gasteiger partial charge in [-0.15, -0.1) is 0 Å². The molecular weight excluding hydrogens is 380 g/mol. The zero-order chi connectivity index (χ0) is 20.8. The summed E-state index contributed by atoms with van der Waals surface area (Å²) in [6.07, 6.45) is 1.60. The number of nitro groups is 1. The molecule has 0 unspecified atom stereocenters. The number of hydrogen-bond donors (Lipinski definition) is 1. The van der Waals surface area contributed by atoms with Crippen LogP contribution in [0.15, 0.2) is 64.0 Å². The molecule has 0 fully saturated rings. The second kappa shape index (κ2) is 8.70. The minimum Gasteiger partial charge on any atom is -0.493 e. The molecule has 1 N–H and O–H groups in total. The smallest absolute Gasteiger partial charge is 0.371 e. The predicted molar refractivity (Wildman–Crippen MR) is 103 cm³/mol. The fraction of sp³-hybridized carbons (Fsp3) is 0.100. The van der Waals surface area contributed by atoms with Crippen molar-refractivity contribution >= 4 is 23.6 Å². The Morgan fingerprint density at radius 2 is 1.93 bits per heavy atom. The Morgan fingerprint density at radius 3 is 2.55 bits per heavy atom. The molecule has 1 aromatic heterocycles. The van der Waals surface area contributed by atoms with Crippen molar-refractivity contribution in [1.82, 2.24) is 0 Å². The average Bonchev–Trinajstić information content (AvgIpc) is 3.20. The first-order valence-corrected chi connectivity index (χ1v) is 8.37. The zero-order valence-corrected chi connectivity index (χ0v) is 15.3. The fourth-order valence-electron chi connectivity index (χ4n) is 2.41. The van der Waals surface area contributed by atoms with Gasteiger partial charge in [0.15, 0.2) is 11.5 Å². The number of benzene rings is 2. The highest BCUT2D eigenvalue weighted by molar-refractivity contribution is 5.84. The quantitative estimate of drug-likeness (QED) is 0.343. The molecule has 0 aliphatic rings. The lowest BCUT2D eigenvalue weighted by molar-refractivity contribution is -0.384. The van der Waals surface area contributed by atoms with Crippen LogP contribution in [0.2, 0.25) is 0 Å². The molecule has 3 rings (SSSR count). The van der Waals surface area contributed by atoms with E-state index in [9.17, 15) is 14.9 Å². The van der Waals surface area contributed by atoms with Gasteiger partial charge in [0.1, 0.15) is 12.4 Å². The summed E-state index contributed by atoms with van der Waals surface area (Å²) in [6.45, 7) is 0.0415. The number of nitrogens with zero attached hydrogens (tertiary/aromatic N) is 2. The van der Waals surface area contributed by atoms with Crippen molar-refractivity contribution in [3.63, 3.8) is 0 Å². The second-order valence-electron chi connectivity index (χ2n) is 5.80. The van der Waals surface area contributed by atoms with Crippen LogP contribution in [0, 0.1) is 10.1 Å². The van der Waals surface area contributed by atoms with E-state index in [1.807, 2.05) is 0 Å². The number of rotatable bonds is 8. The molecule has 0 aliphatic carbocycles. The van der Waals surface area contributed by atoms with Gasteiger partial charge in [0.05, 0.1) is 17.7 Å². The normalized spacial score (nSPS) is 10.8. The Hall–Kier alpha value is -4.14. The molecule has 9 heteroatoms. The third kappa shape index (κ3) is 4.98. The number of hydrogen-bond acceptors (Lipinski definition) is 7. The molecule has 0 atom stereocenters. The highest BCUT2D eigenvalue weighted by Gasteiger charge is 2.11. The molecule has 0 radical (unpaired) electrons. The van der Waals surface area contributed by atoms with Crippen LogP contribution in [0.3, 0.4) is 0 Å². The summed E-state index contributed by atoms with van der Waals surface area (Å²) in [5.74, 6) is -0.0250. The van der Waals surface area contributed by atoms with Crippen LogP contribution in [0.5, 0.6) is 11.5 Å². The summed E-state index contributed by atoms with van der Waals surface area (Å²) in [7, 11) is 1.49. The van der Waals surface area contributed by atoms with Crippen molar-refractivity contribution in [2.75, 3.05) is 7.11 Å². The van der Waals surface area contributed by atoms with Gasteiger partial charge < -0.3 is 19.0 Å². The first-order chi connectivity index (χ1) is 14.0. The van der Waals surface area contributed by atoms with E-state index in [1.165, 1.54) is 31.4 Å². The standard InChI is InChI=1S/C20H16N2O7/c1-27-19-10-13(11-21-14-3-5-15(6-4-14)22(25)26)2-8-17(19)28-12-16-7-9-18(29-16)20(23)24/h2-11H,12H2,1H3,(H,23,24). The van der Waals surface area contributed by atoms with Crippen LogP contribution in [0.1, 0.15) is 21.9 Å². The number of aliphatic imine (C=N–C) groups is 1. The van der Waals surface area contributed by atoms with Crippen LogP contribution in [-0.4, -0.2) is 29.3 Å². The summed E-state index contributed by atoms with van der Waals surface area (Å²) in [6, 6.07) is 13.9. The lowest BCUT2D eigenvalue weighted by Gasteiger charge is -2.10. The van der Waals surface area contributed by atoms with Gasteiger partial charge in [-0.1, -0.05) is 0 Å². The molecule has 3 aromatic rings. The third-order valence-electron chi connectivity index (χ3n) is 3.85. The minimum absolute atomic E-state index is 0.000784. The van der Waals surface area contributed by atoms with Gasteiger partial charge in [-0.25, -0.2) is 4.79 Å². The van der Waals surface area contributed by atoms with Gasteiger partial charge >= 0.3 is 5.97 Å². The molecule has 0 aliphatic heterocycles. The van der Waals surface area contributed by atoms with Crippen LogP contribution in [-0.2, 0) is 6.61 Å². The molecule has 148 valence electrons. The summed E-state index contributed by atoms with van der Waals surface area (Å²) in [4.78, 5) is 25.3. The zero-order valence-electron chi connectivity index (χ0n) is 15.3. The third-order valence-corrected chi connectivity index (χ3v) is 3.85. The van der Waals surface area contributed by atoms with Crippen molar-refractivity contribution in [2.45, 2.75) is 6.61 Å². The second-order valence-corrected chi connectivity index (χ2v) is 5.80. The van der Waals surface area contributed by atoms with E-state index in [-0.39, 0.29) is 18.1 Å². The van der Waals surface area contributed by atoms with Gasteiger partial charge in [-0.2, -0.15) is 0 Å². The van der Waals surface area contributed by atoms with E-state index in [2.05, 4.69) is 4.99 Å². The van der Waals surface area contributed by atoms with E-state index in [1.54, 1.807) is 36.5 Å². The first kappa shape index (κ1) is 19.6. The van der Waals surface area contributed by atoms with Crippen molar-refractivity contribution in [2.24, 2.45) is 4.99 Å². The number of carboxylic acid groups (broad SMARTS) is 1. The monoisotopic (exact) mass is 396 g/mol. The molecular formula is C20H16N2O7. The van der Waals surface area contributed by atoms with Crippen molar-refractivity contribution in [3.8, 4) is 11.5 Å². The van der Waals surface area contributed by atoms with Crippen molar-refractivity contribution < 1.29 is 28.7 Å². The largest absolute Gasteiger partial charge is 0.493 e. The highest BCUT2D eigenvalue weighted by Crippen LogP contribution is 2.29. The number of furan rings is 1.